The third-order valence-corrected chi connectivity index (χ3v) is 2.07. The second kappa shape index (κ2) is 3.31. The van der Waals surface area contributed by atoms with Crippen LogP contribution in [0.25, 0.3) is 11.1 Å². The second-order valence-electron chi connectivity index (χ2n) is 3.49. The molecule has 0 unspecified atom stereocenters. The summed E-state index contributed by atoms with van der Waals surface area (Å²) in [5, 5.41) is 0. The fraction of sp³-hybridized carbons (Fsp3) is 0.300. The van der Waals surface area contributed by atoms with Crippen LogP contribution in [0.5, 0.6) is 0 Å². The largest absolute Gasteiger partial charge is 0.417 e. The first kappa shape index (κ1) is 9.02. The van der Waals surface area contributed by atoms with Crippen molar-refractivity contribution in [2.45, 2.75) is 19.4 Å². The Morgan fingerprint density at radius 3 is 3.07 bits per heavy atom. The molecule has 4 nitrogen and oxygen atoms in total. The smallest absolute Gasteiger partial charge is 0.408 e. The van der Waals surface area contributed by atoms with E-state index in [2.05, 4.69) is 4.98 Å². The quantitative estimate of drug-likeness (QED) is 0.745. The number of hydrogen-bond acceptors (Lipinski definition) is 3. The van der Waals surface area contributed by atoms with Crippen LogP contribution in [0, 0.1) is 0 Å². The van der Waals surface area contributed by atoms with E-state index in [1.54, 1.807) is 0 Å². The van der Waals surface area contributed by atoms with Gasteiger partial charge in [0.2, 0.25) is 0 Å². The molecule has 2 aromatic rings. The van der Waals surface area contributed by atoms with Gasteiger partial charge in [-0.25, -0.2) is 4.79 Å². The molecule has 1 heterocycles. The van der Waals surface area contributed by atoms with Crippen molar-refractivity contribution in [2.75, 3.05) is 0 Å². The minimum absolute atomic E-state index is 0.0563. The van der Waals surface area contributed by atoms with Gasteiger partial charge in [-0.3, -0.25) is 4.98 Å². The predicted octanol–water partition coefficient (Wildman–Crippen LogP) is 1.01. The fourth-order valence-electron chi connectivity index (χ4n) is 1.54. The highest BCUT2D eigenvalue weighted by atomic mass is 16.4. The molecule has 2 rings (SSSR count). The number of rotatable bonds is 2. The molecule has 14 heavy (non-hydrogen) atoms. The lowest BCUT2D eigenvalue weighted by Gasteiger charge is -2.04. The number of fused-ring (bicyclic) bond motifs is 1. The number of benzene rings is 1. The van der Waals surface area contributed by atoms with Crippen molar-refractivity contribution in [2.24, 2.45) is 5.73 Å². The van der Waals surface area contributed by atoms with Crippen molar-refractivity contribution < 1.29 is 4.42 Å². The molecule has 0 radical (unpaired) electrons. The second-order valence-corrected chi connectivity index (χ2v) is 3.49. The number of aromatic amines is 1. The van der Waals surface area contributed by atoms with E-state index in [-0.39, 0.29) is 6.04 Å². The molecule has 0 aliphatic carbocycles. The number of nitrogens with one attached hydrogen (secondary N) is 1. The van der Waals surface area contributed by atoms with E-state index in [4.69, 9.17) is 10.2 Å². The van der Waals surface area contributed by atoms with Crippen LogP contribution >= 0.6 is 0 Å². The molecule has 0 saturated heterocycles. The van der Waals surface area contributed by atoms with E-state index in [0.29, 0.717) is 12.0 Å². The lowest BCUT2D eigenvalue weighted by Crippen LogP contribution is -2.17. The van der Waals surface area contributed by atoms with Gasteiger partial charge in [-0.15, -0.1) is 0 Å². The molecular formula is C10H12N2O2. The Morgan fingerprint density at radius 2 is 2.36 bits per heavy atom. The summed E-state index contributed by atoms with van der Waals surface area (Å²) in [4.78, 5) is 13.6. The molecule has 1 aromatic carbocycles. The fourth-order valence-corrected chi connectivity index (χ4v) is 1.54. The van der Waals surface area contributed by atoms with Crippen LogP contribution in [0.2, 0.25) is 0 Å². The van der Waals surface area contributed by atoms with Gasteiger partial charge in [0.1, 0.15) is 0 Å². The van der Waals surface area contributed by atoms with E-state index < -0.39 is 5.76 Å². The van der Waals surface area contributed by atoms with Gasteiger partial charge < -0.3 is 10.2 Å². The highest BCUT2D eigenvalue weighted by Crippen LogP contribution is 2.16. The van der Waals surface area contributed by atoms with Crippen LogP contribution in [0.15, 0.2) is 27.4 Å². The first-order valence-electron chi connectivity index (χ1n) is 4.53. The first-order chi connectivity index (χ1) is 6.66. The van der Waals surface area contributed by atoms with Crippen molar-refractivity contribution >= 4 is 11.1 Å². The average Bonchev–Trinajstić information content (AvgIpc) is 2.45. The molecule has 1 atom stereocenters. The van der Waals surface area contributed by atoms with Gasteiger partial charge in [-0.2, -0.15) is 0 Å². The molecule has 0 bridgehead atoms. The van der Waals surface area contributed by atoms with E-state index in [1.807, 2.05) is 25.1 Å². The maximum atomic E-state index is 11.0. The monoisotopic (exact) mass is 192 g/mol. The zero-order valence-electron chi connectivity index (χ0n) is 7.91. The van der Waals surface area contributed by atoms with Gasteiger partial charge in [-0.05, 0) is 25.0 Å². The zero-order valence-corrected chi connectivity index (χ0v) is 7.91. The molecule has 0 aliphatic heterocycles. The van der Waals surface area contributed by atoms with Gasteiger partial charge in [0.05, 0.1) is 5.52 Å². The van der Waals surface area contributed by atoms with Crippen LogP contribution in [-0.4, -0.2) is 11.0 Å². The van der Waals surface area contributed by atoms with Crippen molar-refractivity contribution in [3.8, 4) is 0 Å². The minimum Gasteiger partial charge on any atom is -0.408 e. The Balaban J connectivity index is 2.58. The topological polar surface area (TPSA) is 72.0 Å². The van der Waals surface area contributed by atoms with Crippen molar-refractivity contribution in [1.29, 1.82) is 0 Å². The molecule has 0 fully saturated rings. The number of aromatic nitrogens is 1. The van der Waals surface area contributed by atoms with Gasteiger partial charge in [0, 0.05) is 6.04 Å². The highest BCUT2D eigenvalue weighted by molar-refractivity contribution is 5.75. The Morgan fingerprint density at radius 1 is 1.57 bits per heavy atom. The Bertz CT molecular complexity index is 496. The van der Waals surface area contributed by atoms with Gasteiger partial charge in [0.25, 0.3) is 0 Å². The van der Waals surface area contributed by atoms with Crippen LogP contribution in [0.4, 0.5) is 0 Å². The normalized spacial score (nSPS) is 13.3. The summed E-state index contributed by atoms with van der Waals surface area (Å²) >= 11 is 0. The Kier molecular flexibility index (Phi) is 2.13. The Labute approximate surface area is 80.7 Å². The number of oxazole rings is 1. The van der Waals surface area contributed by atoms with Gasteiger partial charge in [0.15, 0.2) is 5.58 Å². The SMILES string of the molecule is C[C@@H](N)Cc1cccc2[nH]c(=O)oc12. The predicted molar refractivity (Wildman–Crippen MR) is 54.2 cm³/mol. The summed E-state index contributed by atoms with van der Waals surface area (Å²) < 4.78 is 5.03. The van der Waals surface area contributed by atoms with Crippen molar-refractivity contribution in [3.63, 3.8) is 0 Å². The average molecular weight is 192 g/mol. The van der Waals surface area contributed by atoms with Gasteiger partial charge in [-0.1, -0.05) is 12.1 Å². The maximum absolute atomic E-state index is 11.0. The van der Waals surface area contributed by atoms with E-state index >= 15 is 0 Å². The van der Waals surface area contributed by atoms with Crippen LogP contribution in [-0.2, 0) is 6.42 Å². The molecule has 3 N–H and O–H groups in total. The lowest BCUT2D eigenvalue weighted by atomic mass is 10.1. The van der Waals surface area contributed by atoms with Crippen LogP contribution < -0.4 is 11.5 Å². The third kappa shape index (κ3) is 1.56. The van der Waals surface area contributed by atoms with E-state index in [9.17, 15) is 4.79 Å². The summed E-state index contributed by atoms with van der Waals surface area (Å²) in [6, 6.07) is 5.67. The summed E-state index contributed by atoms with van der Waals surface area (Å²) in [5.74, 6) is -0.419. The Hall–Kier alpha value is -1.55. The third-order valence-electron chi connectivity index (χ3n) is 2.07. The molecule has 74 valence electrons. The molecular weight excluding hydrogens is 180 g/mol. The highest BCUT2D eigenvalue weighted by Gasteiger charge is 2.07. The maximum Gasteiger partial charge on any atom is 0.417 e. The lowest BCUT2D eigenvalue weighted by molar-refractivity contribution is 0.550. The number of H-pyrrole nitrogens is 1. The molecule has 0 spiro atoms. The summed E-state index contributed by atoms with van der Waals surface area (Å²) in [7, 11) is 0. The number of nitrogens with two attached hydrogens (primary N) is 1. The molecule has 0 amide bonds. The van der Waals surface area contributed by atoms with Crippen molar-refractivity contribution in [1.82, 2.24) is 4.98 Å². The van der Waals surface area contributed by atoms with E-state index in [0.717, 1.165) is 11.1 Å². The summed E-state index contributed by atoms with van der Waals surface area (Å²) in [6.07, 6.45) is 0.706. The van der Waals surface area contributed by atoms with Gasteiger partial charge >= 0.3 is 5.76 Å². The molecule has 0 saturated carbocycles. The molecule has 1 aromatic heterocycles. The van der Waals surface area contributed by atoms with E-state index in [1.165, 1.54) is 0 Å². The minimum atomic E-state index is -0.419. The standard InChI is InChI=1S/C10H12N2O2/c1-6(11)5-7-3-2-4-8-9(7)14-10(13)12-8/h2-4,6H,5,11H2,1H3,(H,12,13)/t6-/m1/s1. The molecule has 4 heteroatoms. The van der Waals surface area contributed by atoms with Crippen LogP contribution in [0.3, 0.4) is 0 Å². The molecule has 0 aliphatic rings. The van der Waals surface area contributed by atoms with Crippen molar-refractivity contribution in [3.05, 3.63) is 34.3 Å². The number of hydrogen-bond donors (Lipinski definition) is 2. The number of para-hydroxylation sites is 1. The van der Waals surface area contributed by atoms with Crippen LogP contribution in [0.1, 0.15) is 12.5 Å². The summed E-state index contributed by atoms with van der Waals surface area (Å²) in [6.45, 7) is 1.92. The zero-order chi connectivity index (χ0) is 10.1. The summed E-state index contributed by atoms with van der Waals surface area (Å²) in [5.41, 5.74) is 8.01. The first-order valence-corrected chi connectivity index (χ1v) is 4.53.